The van der Waals surface area contributed by atoms with Gasteiger partial charge in [0.05, 0.1) is 0 Å². The maximum Gasteiger partial charge on any atom is 0.408 e. The highest BCUT2D eigenvalue weighted by molar-refractivity contribution is 7.96. The molecule has 0 aromatic rings. The van der Waals surface area contributed by atoms with Crippen LogP contribution in [0.25, 0.3) is 0 Å². The van der Waals surface area contributed by atoms with Crippen LogP contribution >= 0.6 is 12.6 Å². The molecule has 0 bridgehead atoms. The minimum atomic E-state index is -0.594. The van der Waals surface area contributed by atoms with Crippen molar-refractivity contribution in [1.82, 2.24) is 5.32 Å². The van der Waals surface area contributed by atoms with Gasteiger partial charge < -0.3 is 10.1 Å². The molecule has 0 aliphatic rings. The van der Waals surface area contributed by atoms with Gasteiger partial charge in [0.15, 0.2) is 0 Å². The Hall–Kier alpha value is -0.710. The van der Waals surface area contributed by atoms with Gasteiger partial charge in [-0.2, -0.15) is 0 Å². The number of amides is 1. The van der Waals surface area contributed by atoms with E-state index in [0.29, 0.717) is 0 Å². The van der Waals surface area contributed by atoms with Crippen LogP contribution in [0.15, 0.2) is 0 Å². The van der Waals surface area contributed by atoms with Crippen molar-refractivity contribution >= 4 is 23.8 Å². The number of hydrogen-bond acceptors (Lipinski definition) is 3. The van der Waals surface area contributed by atoms with Gasteiger partial charge in [-0.25, -0.2) is 4.79 Å². The summed E-state index contributed by atoms with van der Waals surface area (Å²) in [6.45, 7) is 9.15. The maximum absolute atomic E-state index is 11.5. The molecular formula is C11H21NO3S. The summed E-state index contributed by atoms with van der Waals surface area (Å²) < 4.78 is 5.08. The van der Waals surface area contributed by atoms with Gasteiger partial charge in [0.25, 0.3) is 0 Å². The maximum atomic E-state index is 11.5. The zero-order valence-electron chi connectivity index (χ0n) is 10.5. The fourth-order valence-electron chi connectivity index (χ4n) is 1.12. The summed E-state index contributed by atoms with van der Waals surface area (Å²) >= 11 is 3.76. The topological polar surface area (TPSA) is 55.4 Å². The first-order valence-corrected chi connectivity index (χ1v) is 5.84. The SMILES string of the molecule is CC[C@H](C)[C@H](NC(=O)OC(C)(C)C)C(=O)S. The van der Waals surface area contributed by atoms with Crippen LogP contribution in [-0.4, -0.2) is 22.9 Å². The van der Waals surface area contributed by atoms with Gasteiger partial charge in [-0.05, 0) is 26.7 Å². The van der Waals surface area contributed by atoms with E-state index >= 15 is 0 Å². The van der Waals surface area contributed by atoms with Crippen LogP contribution in [-0.2, 0) is 9.53 Å². The summed E-state index contributed by atoms with van der Waals surface area (Å²) in [7, 11) is 0. The monoisotopic (exact) mass is 247 g/mol. The standard InChI is InChI=1S/C11H21NO3S/c1-6-7(2)8(9(13)16)12-10(14)15-11(3,4)5/h7-8H,6H2,1-5H3,(H,12,14)(H,13,16)/t7-,8-/m0/s1. The van der Waals surface area contributed by atoms with E-state index in [0.717, 1.165) is 6.42 Å². The summed E-state index contributed by atoms with van der Waals surface area (Å²) in [6, 6.07) is -0.594. The molecule has 0 rings (SSSR count). The Morgan fingerprint density at radius 3 is 2.19 bits per heavy atom. The molecular weight excluding hydrogens is 226 g/mol. The van der Waals surface area contributed by atoms with E-state index in [1.165, 1.54) is 0 Å². The average Bonchev–Trinajstić information content (AvgIpc) is 2.09. The fourth-order valence-corrected chi connectivity index (χ4v) is 1.44. The molecule has 4 nitrogen and oxygen atoms in total. The molecule has 0 saturated heterocycles. The summed E-state index contributed by atoms with van der Waals surface area (Å²) in [5.41, 5.74) is -0.566. The largest absolute Gasteiger partial charge is 0.444 e. The normalized spacial score (nSPS) is 15.1. The lowest BCUT2D eigenvalue weighted by atomic mass is 10.0. The third-order valence-corrected chi connectivity index (χ3v) is 2.43. The van der Waals surface area contributed by atoms with Gasteiger partial charge in [-0.15, -0.1) is 12.6 Å². The number of alkyl carbamates (subject to hydrolysis) is 1. The number of rotatable bonds is 4. The second-order valence-electron chi connectivity index (χ2n) is 4.85. The van der Waals surface area contributed by atoms with E-state index in [-0.39, 0.29) is 11.0 Å². The zero-order valence-corrected chi connectivity index (χ0v) is 11.4. The van der Waals surface area contributed by atoms with E-state index in [4.69, 9.17) is 4.74 Å². The lowest BCUT2D eigenvalue weighted by molar-refractivity contribution is -0.113. The number of hydrogen-bond donors (Lipinski definition) is 2. The van der Waals surface area contributed by atoms with Crippen molar-refractivity contribution < 1.29 is 14.3 Å². The molecule has 16 heavy (non-hydrogen) atoms. The van der Waals surface area contributed by atoms with Crippen molar-refractivity contribution in [2.24, 2.45) is 5.92 Å². The van der Waals surface area contributed by atoms with Crippen LogP contribution < -0.4 is 5.32 Å². The summed E-state index contributed by atoms with van der Waals surface area (Å²) in [5, 5.41) is 2.19. The van der Waals surface area contributed by atoms with Crippen molar-refractivity contribution in [3.63, 3.8) is 0 Å². The van der Waals surface area contributed by atoms with Gasteiger partial charge in [0.1, 0.15) is 11.6 Å². The molecule has 0 aliphatic heterocycles. The Morgan fingerprint density at radius 1 is 1.38 bits per heavy atom. The number of thiol groups is 1. The molecule has 0 saturated carbocycles. The Kier molecular flexibility index (Phi) is 5.86. The Bertz CT molecular complexity index is 260. The first kappa shape index (κ1) is 15.3. The van der Waals surface area contributed by atoms with Crippen molar-refractivity contribution in [2.75, 3.05) is 0 Å². The van der Waals surface area contributed by atoms with E-state index in [1.54, 1.807) is 20.8 Å². The van der Waals surface area contributed by atoms with Crippen LogP contribution in [0.2, 0.25) is 0 Å². The van der Waals surface area contributed by atoms with Crippen LogP contribution in [0.3, 0.4) is 0 Å². The molecule has 0 aromatic heterocycles. The molecule has 5 heteroatoms. The Labute approximate surface area is 103 Å². The third-order valence-electron chi connectivity index (χ3n) is 2.15. The van der Waals surface area contributed by atoms with Crippen molar-refractivity contribution in [3.05, 3.63) is 0 Å². The molecule has 0 aliphatic carbocycles. The van der Waals surface area contributed by atoms with Crippen molar-refractivity contribution in [3.8, 4) is 0 Å². The van der Waals surface area contributed by atoms with Gasteiger partial charge in [-0.1, -0.05) is 20.3 Å². The van der Waals surface area contributed by atoms with E-state index in [1.807, 2.05) is 13.8 Å². The number of carbonyl (C=O) groups excluding carboxylic acids is 2. The molecule has 0 aromatic carbocycles. The lowest BCUT2D eigenvalue weighted by Crippen LogP contribution is -2.45. The van der Waals surface area contributed by atoms with Gasteiger partial charge in [0.2, 0.25) is 5.12 Å². The molecule has 1 amide bonds. The zero-order chi connectivity index (χ0) is 12.9. The first-order valence-electron chi connectivity index (χ1n) is 5.39. The van der Waals surface area contributed by atoms with E-state index in [2.05, 4.69) is 17.9 Å². The molecule has 0 heterocycles. The Balaban J connectivity index is 4.42. The van der Waals surface area contributed by atoms with Gasteiger partial charge in [-0.3, -0.25) is 4.79 Å². The number of ether oxygens (including phenoxy) is 1. The third kappa shape index (κ3) is 6.00. The first-order chi connectivity index (χ1) is 7.17. The predicted octanol–water partition coefficient (Wildman–Crippen LogP) is 2.38. The molecule has 1 N–H and O–H groups in total. The minimum absolute atomic E-state index is 0.0394. The smallest absolute Gasteiger partial charge is 0.408 e. The summed E-state index contributed by atoms with van der Waals surface area (Å²) in [6.07, 6.45) is 0.201. The van der Waals surface area contributed by atoms with Gasteiger partial charge >= 0.3 is 6.09 Å². The summed E-state index contributed by atoms with van der Waals surface area (Å²) in [5.74, 6) is 0.0394. The predicted molar refractivity (Wildman–Crippen MR) is 66.6 cm³/mol. The second-order valence-corrected chi connectivity index (χ2v) is 5.29. The van der Waals surface area contributed by atoms with Crippen LogP contribution in [0, 0.1) is 5.92 Å². The quantitative estimate of drug-likeness (QED) is 0.750. The molecule has 0 radical (unpaired) electrons. The number of carbonyl (C=O) groups is 2. The molecule has 94 valence electrons. The molecule has 0 unspecified atom stereocenters. The van der Waals surface area contributed by atoms with Crippen LogP contribution in [0.1, 0.15) is 41.0 Å². The summed E-state index contributed by atoms with van der Waals surface area (Å²) in [4.78, 5) is 22.7. The highest BCUT2D eigenvalue weighted by Crippen LogP contribution is 2.12. The van der Waals surface area contributed by atoms with Crippen LogP contribution in [0.5, 0.6) is 0 Å². The van der Waals surface area contributed by atoms with Crippen molar-refractivity contribution in [1.29, 1.82) is 0 Å². The van der Waals surface area contributed by atoms with Crippen molar-refractivity contribution in [2.45, 2.75) is 52.7 Å². The highest BCUT2D eigenvalue weighted by atomic mass is 32.1. The minimum Gasteiger partial charge on any atom is -0.444 e. The highest BCUT2D eigenvalue weighted by Gasteiger charge is 2.26. The molecule has 2 atom stereocenters. The van der Waals surface area contributed by atoms with Gasteiger partial charge in [0, 0.05) is 0 Å². The second kappa shape index (κ2) is 6.13. The Morgan fingerprint density at radius 2 is 1.88 bits per heavy atom. The van der Waals surface area contributed by atoms with E-state index in [9.17, 15) is 9.59 Å². The number of nitrogens with one attached hydrogen (secondary N) is 1. The molecule has 0 spiro atoms. The van der Waals surface area contributed by atoms with E-state index < -0.39 is 17.7 Å². The average molecular weight is 247 g/mol. The molecule has 0 fully saturated rings. The van der Waals surface area contributed by atoms with Crippen LogP contribution in [0.4, 0.5) is 4.79 Å². The fraction of sp³-hybridized carbons (Fsp3) is 0.818. The lowest BCUT2D eigenvalue weighted by Gasteiger charge is -2.24.